The van der Waals surface area contributed by atoms with Crippen LogP contribution in [0.15, 0.2) is 47.3 Å². The van der Waals surface area contributed by atoms with Crippen molar-refractivity contribution < 1.29 is 9.21 Å². The maximum Gasteiger partial charge on any atom is 0.305 e. The summed E-state index contributed by atoms with van der Waals surface area (Å²) in [7, 11) is 0. The molecule has 0 fully saturated rings. The molecule has 2 heterocycles. The summed E-state index contributed by atoms with van der Waals surface area (Å²) in [4.78, 5) is 20.1. The smallest absolute Gasteiger partial charge is 0.305 e. The van der Waals surface area contributed by atoms with E-state index in [4.69, 9.17) is 10.2 Å². The number of hydrazine groups is 1. The van der Waals surface area contributed by atoms with Crippen LogP contribution < -0.4 is 21.9 Å². The first kappa shape index (κ1) is 16.3. The maximum absolute atomic E-state index is 11.9. The van der Waals surface area contributed by atoms with E-state index in [9.17, 15) is 4.79 Å². The van der Waals surface area contributed by atoms with E-state index in [1.54, 1.807) is 12.1 Å². The molecule has 0 atom stereocenters. The number of furan rings is 1. The fourth-order valence-corrected chi connectivity index (χ4v) is 2.19. The molecular formula is C17H18N6O2. The minimum atomic E-state index is -0.438. The van der Waals surface area contributed by atoms with Crippen molar-refractivity contribution in [2.45, 2.75) is 13.8 Å². The van der Waals surface area contributed by atoms with Gasteiger partial charge in [0.15, 0.2) is 17.4 Å². The van der Waals surface area contributed by atoms with Gasteiger partial charge in [0.2, 0.25) is 0 Å². The second-order valence-electron chi connectivity index (χ2n) is 5.41. The Balaban J connectivity index is 1.76. The van der Waals surface area contributed by atoms with Gasteiger partial charge in [0.1, 0.15) is 12.0 Å². The zero-order valence-corrected chi connectivity index (χ0v) is 13.8. The first-order valence-corrected chi connectivity index (χ1v) is 7.60. The van der Waals surface area contributed by atoms with E-state index in [1.165, 1.54) is 12.6 Å². The molecule has 0 bridgehead atoms. The summed E-state index contributed by atoms with van der Waals surface area (Å²) < 4.78 is 5.01. The van der Waals surface area contributed by atoms with E-state index in [2.05, 4.69) is 26.1 Å². The van der Waals surface area contributed by atoms with Crippen LogP contribution in [-0.4, -0.2) is 15.9 Å². The Labute approximate surface area is 144 Å². The molecule has 8 heteroatoms. The molecule has 0 saturated carbocycles. The number of rotatable bonds is 5. The van der Waals surface area contributed by atoms with Crippen molar-refractivity contribution in [2.75, 3.05) is 16.5 Å². The lowest BCUT2D eigenvalue weighted by atomic mass is 10.1. The fraction of sp³-hybridized carbons (Fsp3) is 0.118. The Morgan fingerprint density at radius 3 is 2.68 bits per heavy atom. The molecular weight excluding hydrogens is 320 g/mol. The SMILES string of the molecule is Cc1cccc(Nc2ncnc(NNC(=O)c3ccco3)c2N)c1C. The lowest BCUT2D eigenvalue weighted by Crippen LogP contribution is -2.30. The molecule has 0 saturated heterocycles. The lowest BCUT2D eigenvalue weighted by Gasteiger charge is -2.14. The number of carbonyl (C=O) groups excluding carboxylic acids is 1. The van der Waals surface area contributed by atoms with Crippen LogP contribution in [0.5, 0.6) is 0 Å². The summed E-state index contributed by atoms with van der Waals surface area (Å²) in [6.45, 7) is 4.04. The summed E-state index contributed by atoms with van der Waals surface area (Å²) in [6.07, 6.45) is 2.77. The number of anilines is 4. The van der Waals surface area contributed by atoms with E-state index < -0.39 is 5.91 Å². The molecule has 0 radical (unpaired) electrons. The predicted molar refractivity (Wildman–Crippen MR) is 95.4 cm³/mol. The standard InChI is InChI=1S/C17H18N6O2/c1-10-5-3-6-12(11(10)2)21-15-14(18)16(20-9-19-15)22-23-17(24)13-7-4-8-25-13/h3-9H,18H2,1-2H3,(H,23,24)(H2,19,20,21,22). The first-order valence-electron chi connectivity index (χ1n) is 7.60. The molecule has 0 aliphatic heterocycles. The molecule has 25 heavy (non-hydrogen) atoms. The molecule has 0 aliphatic rings. The van der Waals surface area contributed by atoms with Crippen LogP contribution in [0, 0.1) is 13.8 Å². The second kappa shape index (κ2) is 6.91. The van der Waals surface area contributed by atoms with Gasteiger partial charge in [-0.05, 0) is 43.2 Å². The normalized spacial score (nSPS) is 10.3. The van der Waals surface area contributed by atoms with E-state index >= 15 is 0 Å². The van der Waals surface area contributed by atoms with Gasteiger partial charge < -0.3 is 15.5 Å². The van der Waals surface area contributed by atoms with E-state index in [1.807, 2.05) is 32.0 Å². The summed E-state index contributed by atoms with van der Waals surface area (Å²) in [6, 6.07) is 9.09. The molecule has 3 rings (SSSR count). The molecule has 0 unspecified atom stereocenters. The number of nitrogen functional groups attached to an aromatic ring is 1. The highest BCUT2D eigenvalue weighted by Crippen LogP contribution is 2.27. The Morgan fingerprint density at radius 2 is 1.92 bits per heavy atom. The number of carbonyl (C=O) groups is 1. The second-order valence-corrected chi connectivity index (χ2v) is 5.41. The van der Waals surface area contributed by atoms with Gasteiger partial charge in [-0.15, -0.1) is 0 Å². The summed E-state index contributed by atoms with van der Waals surface area (Å²) >= 11 is 0. The zero-order valence-electron chi connectivity index (χ0n) is 13.8. The van der Waals surface area contributed by atoms with Crippen molar-refractivity contribution in [3.05, 3.63) is 59.8 Å². The van der Waals surface area contributed by atoms with E-state index in [-0.39, 0.29) is 17.3 Å². The third-order valence-corrected chi connectivity index (χ3v) is 3.78. The molecule has 0 spiro atoms. The highest BCUT2D eigenvalue weighted by atomic mass is 16.3. The van der Waals surface area contributed by atoms with Gasteiger partial charge >= 0.3 is 5.91 Å². The highest BCUT2D eigenvalue weighted by molar-refractivity contribution is 5.92. The minimum Gasteiger partial charge on any atom is -0.459 e. The van der Waals surface area contributed by atoms with Crippen molar-refractivity contribution in [1.29, 1.82) is 0 Å². The zero-order chi connectivity index (χ0) is 17.8. The molecule has 128 valence electrons. The van der Waals surface area contributed by atoms with Crippen LogP contribution in [0.4, 0.5) is 23.0 Å². The number of nitrogens with zero attached hydrogens (tertiary/aromatic N) is 2. The third kappa shape index (κ3) is 3.52. The third-order valence-electron chi connectivity index (χ3n) is 3.78. The van der Waals surface area contributed by atoms with Gasteiger partial charge in [-0.1, -0.05) is 12.1 Å². The van der Waals surface area contributed by atoms with Gasteiger partial charge in [0.05, 0.1) is 6.26 Å². The van der Waals surface area contributed by atoms with E-state index in [0.29, 0.717) is 5.82 Å². The first-order chi connectivity index (χ1) is 12.1. The van der Waals surface area contributed by atoms with Crippen molar-refractivity contribution in [3.8, 4) is 0 Å². The fourth-order valence-electron chi connectivity index (χ4n) is 2.19. The number of benzene rings is 1. The minimum absolute atomic E-state index is 0.175. The Morgan fingerprint density at radius 1 is 1.12 bits per heavy atom. The highest BCUT2D eigenvalue weighted by Gasteiger charge is 2.12. The summed E-state index contributed by atoms with van der Waals surface area (Å²) in [5, 5.41) is 3.19. The Bertz CT molecular complexity index is 892. The number of hydrogen-bond acceptors (Lipinski definition) is 7. The van der Waals surface area contributed by atoms with Gasteiger partial charge in [-0.3, -0.25) is 15.6 Å². The van der Waals surface area contributed by atoms with Crippen LogP contribution in [0.25, 0.3) is 0 Å². The van der Waals surface area contributed by atoms with Crippen LogP contribution in [0.1, 0.15) is 21.7 Å². The predicted octanol–water partition coefficient (Wildman–Crippen LogP) is 2.77. The number of nitrogens with two attached hydrogens (primary N) is 1. The maximum atomic E-state index is 11.9. The van der Waals surface area contributed by atoms with Gasteiger partial charge in [0.25, 0.3) is 0 Å². The summed E-state index contributed by atoms with van der Waals surface area (Å²) in [5.74, 6) is 0.460. The van der Waals surface area contributed by atoms with E-state index in [0.717, 1.165) is 16.8 Å². The van der Waals surface area contributed by atoms with Gasteiger partial charge in [-0.25, -0.2) is 9.97 Å². The number of aromatic nitrogens is 2. The monoisotopic (exact) mass is 338 g/mol. The largest absolute Gasteiger partial charge is 0.459 e. The molecule has 3 aromatic rings. The average molecular weight is 338 g/mol. The summed E-state index contributed by atoms with van der Waals surface area (Å²) in [5.41, 5.74) is 14.7. The topological polar surface area (TPSA) is 118 Å². The Kier molecular flexibility index (Phi) is 4.51. The van der Waals surface area contributed by atoms with Gasteiger partial charge in [0, 0.05) is 5.69 Å². The van der Waals surface area contributed by atoms with Crippen molar-refractivity contribution in [3.63, 3.8) is 0 Å². The molecule has 0 aliphatic carbocycles. The molecule has 1 aromatic carbocycles. The number of nitrogens with one attached hydrogen (secondary N) is 3. The number of amides is 1. The molecule has 8 nitrogen and oxygen atoms in total. The molecule has 2 aromatic heterocycles. The lowest BCUT2D eigenvalue weighted by molar-refractivity contribution is 0.0935. The Hall–Kier alpha value is -3.55. The number of aryl methyl sites for hydroxylation is 1. The molecule has 1 amide bonds. The van der Waals surface area contributed by atoms with Crippen LogP contribution in [0.2, 0.25) is 0 Å². The van der Waals surface area contributed by atoms with Crippen LogP contribution in [-0.2, 0) is 0 Å². The average Bonchev–Trinajstić information content (AvgIpc) is 3.14. The van der Waals surface area contributed by atoms with Crippen LogP contribution >= 0.6 is 0 Å². The van der Waals surface area contributed by atoms with Crippen molar-refractivity contribution in [2.24, 2.45) is 0 Å². The van der Waals surface area contributed by atoms with Crippen LogP contribution in [0.3, 0.4) is 0 Å². The van der Waals surface area contributed by atoms with Gasteiger partial charge in [-0.2, -0.15) is 0 Å². The van der Waals surface area contributed by atoms with Crippen molar-refractivity contribution >= 4 is 28.9 Å². The van der Waals surface area contributed by atoms with Crippen molar-refractivity contribution in [1.82, 2.24) is 15.4 Å². The molecule has 5 N–H and O–H groups in total. The number of hydrogen-bond donors (Lipinski definition) is 4. The quantitative estimate of drug-likeness (QED) is 0.528.